The second-order valence-corrected chi connectivity index (χ2v) is 10.6. The Bertz CT molecular complexity index is 1140. The maximum atomic E-state index is 13.7. The first kappa shape index (κ1) is 24.7. The predicted octanol–water partition coefficient (Wildman–Crippen LogP) is 3.29. The van der Waals surface area contributed by atoms with Gasteiger partial charge in [-0.2, -0.15) is 0 Å². The Morgan fingerprint density at radius 2 is 1.56 bits per heavy atom. The Morgan fingerprint density at radius 1 is 0.889 bits per heavy atom. The van der Waals surface area contributed by atoms with Gasteiger partial charge in [0.1, 0.15) is 6.54 Å². The molecule has 3 N–H and O–H groups in total. The normalized spacial score (nSPS) is 25.3. The highest BCUT2D eigenvalue weighted by Gasteiger charge is 2.44. The molecule has 194 valence electrons. The fourth-order valence-corrected chi connectivity index (χ4v) is 6.76. The number of carbonyl (C=O) groups excluding carboxylic acids is 1. The van der Waals surface area contributed by atoms with E-state index >= 15 is 0 Å². The Kier molecular flexibility index (Phi) is 7.55. The molecule has 3 fully saturated rings. The van der Waals surface area contributed by atoms with Crippen LogP contribution in [0, 0.1) is 0 Å². The molecule has 9 heteroatoms. The summed E-state index contributed by atoms with van der Waals surface area (Å²) in [5, 5.41) is 13.9. The number of aliphatic carboxylic acids is 1. The van der Waals surface area contributed by atoms with Gasteiger partial charge in [-0.3, -0.25) is 19.3 Å². The van der Waals surface area contributed by atoms with Gasteiger partial charge >= 0.3 is 5.97 Å². The molecule has 1 aromatic carbocycles. The van der Waals surface area contributed by atoms with Gasteiger partial charge in [0.2, 0.25) is 5.91 Å². The van der Waals surface area contributed by atoms with Gasteiger partial charge in [-0.05, 0) is 50.7 Å². The highest BCUT2D eigenvalue weighted by Crippen LogP contribution is 2.44. The fourth-order valence-electron chi connectivity index (χ4n) is 6.76. The lowest BCUT2D eigenvalue weighted by molar-refractivity contribution is -0.137. The van der Waals surface area contributed by atoms with Crippen LogP contribution in [0.4, 0.5) is 5.82 Å². The minimum absolute atomic E-state index is 0.0918. The SMILES string of the molecule is O=C(O)CNC(=O)CNc1nc2ccccc2n(C2CC3CCC(C2)N3C2CCCCCCC2)c1=O. The highest BCUT2D eigenvalue weighted by molar-refractivity contribution is 5.84. The third-order valence-corrected chi connectivity index (χ3v) is 8.27. The van der Waals surface area contributed by atoms with Crippen LogP contribution in [0.15, 0.2) is 29.1 Å². The van der Waals surface area contributed by atoms with Gasteiger partial charge in [-0.15, -0.1) is 0 Å². The summed E-state index contributed by atoms with van der Waals surface area (Å²) in [6, 6.07) is 9.46. The van der Waals surface area contributed by atoms with E-state index in [1.165, 1.54) is 57.8 Å². The number of piperidine rings is 1. The molecule has 2 saturated heterocycles. The number of nitrogens with one attached hydrogen (secondary N) is 2. The molecule has 0 spiro atoms. The lowest BCUT2D eigenvalue weighted by Crippen LogP contribution is -2.50. The van der Waals surface area contributed by atoms with Crippen LogP contribution in [0.5, 0.6) is 0 Å². The minimum atomic E-state index is -1.12. The molecule has 2 bridgehead atoms. The third-order valence-electron chi connectivity index (χ3n) is 8.27. The average molecular weight is 496 g/mol. The van der Waals surface area contributed by atoms with Crippen molar-refractivity contribution in [3.63, 3.8) is 0 Å². The second kappa shape index (κ2) is 11.0. The van der Waals surface area contributed by atoms with Crippen molar-refractivity contribution in [3.8, 4) is 0 Å². The zero-order chi connectivity index (χ0) is 25.1. The number of anilines is 1. The molecule has 2 aliphatic heterocycles. The monoisotopic (exact) mass is 495 g/mol. The van der Waals surface area contributed by atoms with E-state index in [0.717, 1.165) is 18.4 Å². The molecule has 1 amide bonds. The highest BCUT2D eigenvalue weighted by atomic mass is 16.4. The zero-order valence-electron chi connectivity index (χ0n) is 20.8. The number of nitrogens with zero attached hydrogens (tertiary/aromatic N) is 3. The molecule has 5 rings (SSSR count). The molecule has 2 unspecified atom stereocenters. The second-order valence-electron chi connectivity index (χ2n) is 10.6. The van der Waals surface area contributed by atoms with Crippen molar-refractivity contribution in [2.24, 2.45) is 0 Å². The number of aromatic nitrogens is 2. The Hall–Kier alpha value is -2.94. The third kappa shape index (κ3) is 5.26. The number of carboxylic acid groups (broad SMARTS) is 1. The summed E-state index contributed by atoms with van der Waals surface area (Å²) >= 11 is 0. The summed E-state index contributed by atoms with van der Waals surface area (Å²) in [5.41, 5.74) is 1.32. The number of hydrogen-bond acceptors (Lipinski definition) is 6. The summed E-state index contributed by atoms with van der Waals surface area (Å²) in [7, 11) is 0. The average Bonchev–Trinajstić information content (AvgIpc) is 3.10. The number of para-hydroxylation sites is 2. The van der Waals surface area contributed by atoms with Crippen molar-refractivity contribution >= 4 is 28.7 Å². The van der Waals surface area contributed by atoms with Gasteiger partial charge in [0.05, 0.1) is 17.6 Å². The molecule has 2 atom stereocenters. The van der Waals surface area contributed by atoms with Crippen molar-refractivity contribution in [2.75, 3.05) is 18.4 Å². The molecule has 3 heterocycles. The van der Waals surface area contributed by atoms with Crippen LogP contribution in [0.25, 0.3) is 11.0 Å². The van der Waals surface area contributed by atoms with E-state index in [2.05, 4.69) is 20.5 Å². The van der Waals surface area contributed by atoms with E-state index in [1.54, 1.807) is 0 Å². The number of rotatable bonds is 7. The van der Waals surface area contributed by atoms with Gasteiger partial charge in [0.15, 0.2) is 5.82 Å². The molecule has 1 aliphatic carbocycles. The Morgan fingerprint density at radius 3 is 2.25 bits per heavy atom. The standard InChI is InChI=1S/C27H37N5O4/c33-24(28-17-25(34)35)16-29-26-27(36)32(23-11-7-6-10-22(23)30-26)21-14-19-12-13-20(15-21)31(19)18-8-4-2-1-3-5-9-18/h6-7,10-11,18-21H,1-5,8-9,12-17H2,(H,28,33)(H,29,30)(H,34,35). The van der Waals surface area contributed by atoms with E-state index in [4.69, 9.17) is 5.11 Å². The Labute approximate surface area is 211 Å². The maximum absolute atomic E-state index is 13.7. The minimum Gasteiger partial charge on any atom is -0.480 e. The van der Waals surface area contributed by atoms with Crippen LogP contribution in [-0.4, -0.2) is 62.6 Å². The fraction of sp³-hybridized carbons (Fsp3) is 0.630. The molecular formula is C27H37N5O4. The number of benzene rings is 1. The molecule has 1 saturated carbocycles. The summed E-state index contributed by atoms with van der Waals surface area (Å²) in [4.78, 5) is 43.7. The summed E-state index contributed by atoms with van der Waals surface area (Å²) in [5.74, 6) is -1.48. The van der Waals surface area contributed by atoms with E-state index in [-0.39, 0.29) is 24.0 Å². The van der Waals surface area contributed by atoms with Crippen LogP contribution in [0.3, 0.4) is 0 Å². The topological polar surface area (TPSA) is 117 Å². The van der Waals surface area contributed by atoms with Gasteiger partial charge in [0, 0.05) is 24.2 Å². The summed E-state index contributed by atoms with van der Waals surface area (Å²) < 4.78 is 1.90. The molecule has 36 heavy (non-hydrogen) atoms. The summed E-state index contributed by atoms with van der Waals surface area (Å²) in [6.45, 7) is -0.669. The molecule has 2 aromatic rings. The van der Waals surface area contributed by atoms with Gasteiger partial charge in [-0.1, -0.05) is 44.2 Å². The largest absolute Gasteiger partial charge is 0.480 e. The van der Waals surface area contributed by atoms with Crippen molar-refractivity contribution in [3.05, 3.63) is 34.6 Å². The smallest absolute Gasteiger partial charge is 0.322 e. The lowest BCUT2D eigenvalue weighted by atomic mass is 9.89. The van der Waals surface area contributed by atoms with Crippen molar-refractivity contribution < 1.29 is 14.7 Å². The van der Waals surface area contributed by atoms with Gasteiger partial charge < -0.3 is 20.3 Å². The number of amides is 1. The van der Waals surface area contributed by atoms with Gasteiger partial charge in [-0.25, -0.2) is 4.98 Å². The van der Waals surface area contributed by atoms with Crippen LogP contribution >= 0.6 is 0 Å². The van der Waals surface area contributed by atoms with E-state index in [9.17, 15) is 14.4 Å². The first-order valence-electron chi connectivity index (χ1n) is 13.5. The van der Waals surface area contributed by atoms with E-state index in [1.807, 2.05) is 28.8 Å². The molecule has 9 nitrogen and oxygen atoms in total. The number of fused-ring (bicyclic) bond motifs is 3. The maximum Gasteiger partial charge on any atom is 0.322 e. The van der Waals surface area contributed by atoms with E-state index in [0.29, 0.717) is 23.6 Å². The van der Waals surface area contributed by atoms with Crippen molar-refractivity contribution in [1.29, 1.82) is 0 Å². The number of carboxylic acids is 1. The first-order valence-corrected chi connectivity index (χ1v) is 13.5. The number of carbonyl (C=O) groups is 2. The van der Waals surface area contributed by atoms with Crippen molar-refractivity contribution in [1.82, 2.24) is 19.8 Å². The molecule has 3 aliphatic rings. The molecule has 0 radical (unpaired) electrons. The van der Waals surface area contributed by atoms with Crippen LogP contribution in [-0.2, 0) is 9.59 Å². The van der Waals surface area contributed by atoms with Crippen molar-refractivity contribution in [2.45, 2.75) is 94.8 Å². The van der Waals surface area contributed by atoms with Crippen LogP contribution in [0.1, 0.15) is 76.7 Å². The van der Waals surface area contributed by atoms with Gasteiger partial charge in [0.25, 0.3) is 5.56 Å². The first-order chi connectivity index (χ1) is 17.5. The predicted molar refractivity (Wildman–Crippen MR) is 138 cm³/mol. The quantitative estimate of drug-likeness (QED) is 0.540. The Balaban J connectivity index is 1.38. The van der Waals surface area contributed by atoms with E-state index < -0.39 is 18.4 Å². The van der Waals surface area contributed by atoms with Crippen LogP contribution < -0.4 is 16.2 Å². The zero-order valence-corrected chi connectivity index (χ0v) is 20.8. The number of hydrogen-bond donors (Lipinski definition) is 3. The molecular weight excluding hydrogens is 458 g/mol. The molecule has 1 aromatic heterocycles. The lowest BCUT2D eigenvalue weighted by Gasteiger charge is -2.45. The summed E-state index contributed by atoms with van der Waals surface area (Å²) in [6.07, 6.45) is 13.6. The van der Waals surface area contributed by atoms with Crippen LogP contribution in [0.2, 0.25) is 0 Å².